The molecule has 0 aromatic heterocycles. The highest BCUT2D eigenvalue weighted by molar-refractivity contribution is 5.42. The van der Waals surface area contributed by atoms with Crippen LogP contribution in [0.3, 0.4) is 0 Å². The number of nitrogens with two attached hydrogens (primary N) is 1. The first-order valence-electron chi connectivity index (χ1n) is 6.11. The van der Waals surface area contributed by atoms with Gasteiger partial charge < -0.3 is 5.73 Å². The first-order valence-corrected chi connectivity index (χ1v) is 6.11. The minimum atomic E-state index is -0.00204. The molecular weight excluding hydrogens is 182 g/mol. The molecule has 15 heavy (non-hydrogen) atoms. The molecule has 2 N–H and O–H groups in total. The van der Waals surface area contributed by atoms with E-state index in [0.717, 1.165) is 25.7 Å². The first-order chi connectivity index (χ1) is 7.21. The molecule has 82 valence electrons. The minimum Gasteiger partial charge on any atom is -0.321 e. The summed E-state index contributed by atoms with van der Waals surface area (Å²) in [7, 11) is 0. The standard InChI is InChI=1S/C14H21N/c1-3-11-7-5-8-12(4-2)13(11)14(15)9-6-10-14/h5,7-8H,3-4,6,9-10,15H2,1-2H3. The van der Waals surface area contributed by atoms with Crippen LogP contribution in [-0.4, -0.2) is 0 Å². The maximum atomic E-state index is 6.48. The molecule has 0 heterocycles. The molecular formula is C14H21N. The Bertz CT molecular complexity index is 328. The Morgan fingerprint density at radius 2 is 1.67 bits per heavy atom. The third-order valence-electron chi connectivity index (χ3n) is 3.74. The van der Waals surface area contributed by atoms with E-state index in [-0.39, 0.29) is 5.54 Å². The Hall–Kier alpha value is -0.820. The van der Waals surface area contributed by atoms with Crippen molar-refractivity contribution in [1.29, 1.82) is 0 Å². The number of aryl methyl sites for hydroxylation is 2. The van der Waals surface area contributed by atoms with Crippen LogP contribution in [0.15, 0.2) is 18.2 Å². The Kier molecular flexibility index (Phi) is 2.83. The van der Waals surface area contributed by atoms with Crippen LogP contribution in [0.4, 0.5) is 0 Å². The van der Waals surface area contributed by atoms with Gasteiger partial charge in [-0.1, -0.05) is 32.0 Å². The predicted octanol–water partition coefficient (Wildman–Crippen LogP) is 3.15. The molecule has 1 saturated carbocycles. The second-order valence-electron chi connectivity index (χ2n) is 4.67. The van der Waals surface area contributed by atoms with Crippen molar-refractivity contribution in [3.63, 3.8) is 0 Å². The Balaban J connectivity index is 2.50. The van der Waals surface area contributed by atoms with Gasteiger partial charge in [0.05, 0.1) is 0 Å². The molecule has 1 nitrogen and oxygen atoms in total. The summed E-state index contributed by atoms with van der Waals surface area (Å²) in [6.07, 6.45) is 5.82. The van der Waals surface area contributed by atoms with Crippen LogP contribution in [0.5, 0.6) is 0 Å². The molecule has 2 rings (SSSR count). The van der Waals surface area contributed by atoms with Crippen molar-refractivity contribution in [3.05, 3.63) is 34.9 Å². The fourth-order valence-corrected chi connectivity index (χ4v) is 2.69. The Morgan fingerprint density at radius 1 is 1.13 bits per heavy atom. The lowest BCUT2D eigenvalue weighted by Gasteiger charge is -2.41. The SMILES string of the molecule is CCc1cccc(CC)c1C1(N)CCC1. The van der Waals surface area contributed by atoms with Crippen LogP contribution < -0.4 is 5.73 Å². The van der Waals surface area contributed by atoms with Gasteiger partial charge in [-0.05, 0) is 48.8 Å². The van der Waals surface area contributed by atoms with Crippen molar-refractivity contribution in [2.45, 2.75) is 51.5 Å². The normalized spacial score (nSPS) is 18.6. The zero-order chi connectivity index (χ0) is 10.9. The van der Waals surface area contributed by atoms with E-state index in [1.54, 1.807) is 0 Å². The second kappa shape index (κ2) is 3.97. The highest BCUT2D eigenvalue weighted by Crippen LogP contribution is 2.42. The summed E-state index contributed by atoms with van der Waals surface area (Å²) in [5.74, 6) is 0. The highest BCUT2D eigenvalue weighted by atomic mass is 14.8. The van der Waals surface area contributed by atoms with E-state index in [4.69, 9.17) is 5.73 Å². The van der Waals surface area contributed by atoms with E-state index in [2.05, 4.69) is 32.0 Å². The van der Waals surface area contributed by atoms with Gasteiger partial charge in [0.2, 0.25) is 0 Å². The minimum absolute atomic E-state index is 0.00204. The van der Waals surface area contributed by atoms with Crippen LogP contribution in [0, 0.1) is 0 Å². The predicted molar refractivity (Wildman–Crippen MR) is 64.9 cm³/mol. The Morgan fingerprint density at radius 3 is 2.00 bits per heavy atom. The van der Waals surface area contributed by atoms with Crippen LogP contribution in [0.25, 0.3) is 0 Å². The molecule has 1 heteroatoms. The highest BCUT2D eigenvalue weighted by Gasteiger charge is 2.36. The molecule has 0 bridgehead atoms. The quantitative estimate of drug-likeness (QED) is 0.802. The molecule has 1 fully saturated rings. The summed E-state index contributed by atoms with van der Waals surface area (Å²) in [5, 5.41) is 0. The van der Waals surface area contributed by atoms with E-state index in [1.165, 1.54) is 23.1 Å². The van der Waals surface area contributed by atoms with Crippen LogP contribution in [0.2, 0.25) is 0 Å². The molecule has 1 aromatic rings. The molecule has 1 aliphatic carbocycles. The summed E-state index contributed by atoms with van der Waals surface area (Å²) < 4.78 is 0. The Labute approximate surface area is 92.7 Å². The zero-order valence-corrected chi connectivity index (χ0v) is 9.84. The van der Waals surface area contributed by atoms with Gasteiger partial charge in [0, 0.05) is 5.54 Å². The number of hydrogen-bond acceptors (Lipinski definition) is 1. The number of rotatable bonds is 3. The van der Waals surface area contributed by atoms with Gasteiger partial charge in [0.25, 0.3) is 0 Å². The van der Waals surface area contributed by atoms with Crippen LogP contribution in [-0.2, 0) is 18.4 Å². The van der Waals surface area contributed by atoms with Gasteiger partial charge in [-0.25, -0.2) is 0 Å². The largest absolute Gasteiger partial charge is 0.321 e. The van der Waals surface area contributed by atoms with Gasteiger partial charge in [0.15, 0.2) is 0 Å². The molecule has 0 aliphatic heterocycles. The lowest BCUT2D eigenvalue weighted by atomic mass is 9.69. The van der Waals surface area contributed by atoms with Gasteiger partial charge in [-0.15, -0.1) is 0 Å². The average Bonchev–Trinajstić information content (AvgIpc) is 2.24. The molecule has 0 spiro atoms. The lowest BCUT2D eigenvalue weighted by molar-refractivity contribution is 0.250. The third-order valence-corrected chi connectivity index (χ3v) is 3.74. The van der Waals surface area contributed by atoms with E-state index in [9.17, 15) is 0 Å². The monoisotopic (exact) mass is 203 g/mol. The van der Waals surface area contributed by atoms with Crippen molar-refractivity contribution in [1.82, 2.24) is 0 Å². The van der Waals surface area contributed by atoms with Gasteiger partial charge in [0.1, 0.15) is 0 Å². The molecule has 1 aromatic carbocycles. The summed E-state index contributed by atoms with van der Waals surface area (Å²) >= 11 is 0. The zero-order valence-electron chi connectivity index (χ0n) is 9.84. The average molecular weight is 203 g/mol. The molecule has 0 saturated heterocycles. The summed E-state index contributed by atoms with van der Waals surface area (Å²) in [4.78, 5) is 0. The molecule has 0 radical (unpaired) electrons. The fourth-order valence-electron chi connectivity index (χ4n) is 2.69. The van der Waals surface area contributed by atoms with Crippen molar-refractivity contribution in [3.8, 4) is 0 Å². The maximum absolute atomic E-state index is 6.48. The number of benzene rings is 1. The molecule has 1 aliphatic rings. The van der Waals surface area contributed by atoms with Gasteiger partial charge >= 0.3 is 0 Å². The molecule has 0 unspecified atom stereocenters. The third kappa shape index (κ3) is 1.69. The smallest absolute Gasteiger partial charge is 0.0415 e. The van der Waals surface area contributed by atoms with Gasteiger partial charge in [-0.2, -0.15) is 0 Å². The van der Waals surface area contributed by atoms with E-state index in [1.807, 2.05) is 0 Å². The topological polar surface area (TPSA) is 26.0 Å². The van der Waals surface area contributed by atoms with E-state index in [0.29, 0.717) is 0 Å². The van der Waals surface area contributed by atoms with Crippen LogP contribution in [0.1, 0.15) is 49.8 Å². The van der Waals surface area contributed by atoms with Crippen molar-refractivity contribution < 1.29 is 0 Å². The van der Waals surface area contributed by atoms with Crippen molar-refractivity contribution >= 4 is 0 Å². The summed E-state index contributed by atoms with van der Waals surface area (Å²) in [6.45, 7) is 4.45. The second-order valence-corrected chi connectivity index (χ2v) is 4.67. The first kappa shape index (κ1) is 10.7. The van der Waals surface area contributed by atoms with E-state index < -0.39 is 0 Å². The number of hydrogen-bond donors (Lipinski definition) is 1. The van der Waals surface area contributed by atoms with Crippen molar-refractivity contribution in [2.24, 2.45) is 5.73 Å². The van der Waals surface area contributed by atoms with Gasteiger partial charge in [-0.3, -0.25) is 0 Å². The van der Waals surface area contributed by atoms with Crippen LogP contribution >= 0.6 is 0 Å². The maximum Gasteiger partial charge on any atom is 0.0415 e. The summed E-state index contributed by atoms with van der Waals surface area (Å²) in [6, 6.07) is 6.64. The lowest BCUT2D eigenvalue weighted by Crippen LogP contribution is -2.44. The summed E-state index contributed by atoms with van der Waals surface area (Å²) in [5.41, 5.74) is 10.8. The molecule has 0 atom stereocenters. The van der Waals surface area contributed by atoms with E-state index >= 15 is 0 Å². The molecule has 0 amide bonds. The fraction of sp³-hybridized carbons (Fsp3) is 0.571. The van der Waals surface area contributed by atoms with Crippen molar-refractivity contribution in [2.75, 3.05) is 0 Å².